The molecule has 0 aromatic heterocycles. The molecule has 78 heavy (non-hydrogen) atoms. The summed E-state index contributed by atoms with van der Waals surface area (Å²) in [5.74, 6) is -2.23. The summed E-state index contributed by atoms with van der Waals surface area (Å²) in [6.07, 6.45) is -0.945. The summed E-state index contributed by atoms with van der Waals surface area (Å²) in [6.45, 7) is 0. The number of nitrogens with one attached hydrogen (secondary N) is 2. The number of β-lactam (4-membered cyclic amide) rings is 1. The second-order valence-electron chi connectivity index (χ2n) is 19.3. The van der Waals surface area contributed by atoms with E-state index in [0.29, 0.717) is 17.5 Å². The number of benzene rings is 8. The molecule has 1 fully saturated rings. The summed E-state index contributed by atoms with van der Waals surface area (Å²) in [7, 11) is 0. The van der Waals surface area contributed by atoms with Gasteiger partial charge in [-0.2, -0.15) is 0 Å². The van der Waals surface area contributed by atoms with E-state index >= 15 is 4.79 Å². The third kappa shape index (κ3) is 11.3. The van der Waals surface area contributed by atoms with Gasteiger partial charge in [-0.3, -0.25) is 4.79 Å². The van der Waals surface area contributed by atoms with Crippen molar-refractivity contribution in [1.82, 2.24) is 15.5 Å². The fourth-order valence-electron chi connectivity index (χ4n) is 10.4. The molecule has 0 saturated carbocycles. The molecule has 3 amide bonds. The van der Waals surface area contributed by atoms with Gasteiger partial charge in [-0.15, -0.1) is 0 Å². The number of rotatable bonds is 20. The van der Waals surface area contributed by atoms with Crippen molar-refractivity contribution in [3.63, 3.8) is 0 Å². The molecule has 2 heterocycles. The van der Waals surface area contributed by atoms with Crippen LogP contribution in [0.15, 0.2) is 254 Å². The SMILES string of the molecule is O=C(CCCC(NC(=O)c1ccccc1)C(=O)OC(c1ccccc1)c1ccccc1)NC1C(=O)N2C(C(=O)OC(c3ccccc3)c3ccccc3)=C(CP(I)(c3ccccc3)(c3ccccc3)c3ccccc3)CS[C@H]12. The van der Waals surface area contributed by atoms with E-state index in [4.69, 9.17) is 9.47 Å². The van der Waals surface area contributed by atoms with E-state index in [9.17, 15) is 19.2 Å². The molecule has 8 aromatic rings. The molecule has 0 spiro atoms. The van der Waals surface area contributed by atoms with Crippen LogP contribution in [0.4, 0.5) is 0 Å². The van der Waals surface area contributed by atoms with Gasteiger partial charge in [-0.05, 0) is 23.3 Å². The Labute approximate surface area is 472 Å². The molecule has 392 valence electrons. The summed E-state index contributed by atoms with van der Waals surface area (Å²) in [6, 6.07) is 75.7. The Balaban J connectivity index is 0.937. The second-order valence-corrected chi connectivity index (χ2v) is 31.0. The van der Waals surface area contributed by atoms with Gasteiger partial charge < -0.3 is 10.1 Å². The number of halogens is 1. The number of nitrogens with zero attached hydrogens (tertiary/aromatic N) is 1. The molecule has 8 aromatic carbocycles. The third-order valence-electron chi connectivity index (χ3n) is 14.3. The molecule has 10 nitrogen and oxygen atoms in total. The quantitative estimate of drug-likeness (QED) is 0.0334. The van der Waals surface area contributed by atoms with Gasteiger partial charge in [-0.1, -0.05) is 78.9 Å². The summed E-state index contributed by atoms with van der Waals surface area (Å²) >= 11 is 4.21. The van der Waals surface area contributed by atoms with Gasteiger partial charge in [0, 0.05) is 5.56 Å². The number of carbonyl (C=O) groups excluding carboxylic acids is 5. The summed E-state index contributed by atoms with van der Waals surface area (Å²) in [5.41, 5.74) is 4.37. The van der Waals surface area contributed by atoms with Gasteiger partial charge in [0.25, 0.3) is 5.91 Å². The van der Waals surface area contributed by atoms with Gasteiger partial charge in [0.15, 0.2) is 6.10 Å². The van der Waals surface area contributed by atoms with E-state index < -0.39 is 63.6 Å². The molecule has 0 bridgehead atoms. The van der Waals surface area contributed by atoms with Crippen molar-refractivity contribution < 1.29 is 33.4 Å². The maximum absolute atomic E-state index is 15.5. The van der Waals surface area contributed by atoms with Crippen molar-refractivity contribution in [3.05, 3.63) is 282 Å². The topological polar surface area (TPSA) is 131 Å². The van der Waals surface area contributed by atoms with Crippen LogP contribution in [0.3, 0.4) is 0 Å². The van der Waals surface area contributed by atoms with E-state index in [1.54, 1.807) is 30.3 Å². The molecule has 1 saturated heterocycles. The number of hydrogen-bond donors (Lipinski definition) is 2. The van der Waals surface area contributed by atoms with Gasteiger partial charge in [0.05, 0.1) is 0 Å². The Bertz CT molecular complexity index is 3230. The molecule has 13 heteroatoms. The van der Waals surface area contributed by atoms with Gasteiger partial charge in [0.1, 0.15) is 0 Å². The number of fused-ring (bicyclic) bond motifs is 1. The first kappa shape index (κ1) is 53.7. The van der Waals surface area contributed by atoms with Crippen molar-refractivity contribution in [2.45, 2.75) is 48.9 Å². The van der Waals surface area contributed by atoms with Crippen LogP contribution < -0.4 is 26.5 Å². The molecule has 2 unspecified atom stereocenters. The van der Waals surface area contributed by atoms with Crippen molar-refractivity contribution in [3.8, 4) is 0 Å². The van der Waals surface area contributed by atoms with Crippen molar-refractivity contribution in [2.75, 3.05) is 11.9 Å². The first-order valence-corrected chi connectivity index (χ1v) is 32.2. The first-order chi connectivity index (χ1) is 38.1. The Morgan fingerprint density at radius 3 is 1.40 bits per heavy atom. The molecule has 10 rings (SSSR count). The summed E-state index contributed by atoms with van der Waals surface area (Å²) < 4.78 is 9.30. The van der Waals surface area contributed by atoms with E-state index in [1.165, 1.54) is 16.7 Å². The molecule has 2 aliphatic rings. The first-order valence-electron chi connectivity index (χ1n) is 25.9. The minimum absolute atomic E-state index is 0.0620. The van der Waals surface area contributed by atoms with E-state index in [2.05, 4.69) is 69.1 Å². The van der Waals surface area contributed by atoms with Crippen molar-refractivity contribution in [1.29, 1.82) is 0 Å². The fourth-order valence-corrected chi connectivity index (χ4v) is 20.8. The monoisotopic (exact) mass is 1180 g/mol. The standard InChI is InChI=1S/C65H57IN3O7PS/c66-77(52-36-19-6-20-37-52,53-38-21-7-22-39-53,54-40-23-8-24-41-54)44-51-45-78-63-57(62(72)69(63)58(51)65(74)76-60(48-30-13-3-14-31-48)49-32-15-4-16-33-49)68-56(70)43-25-42-55(67-61(71)50-34-17-5-18-35-50)64(73)75-59(46-26-9-1-10-27-46)47-28-11-2-12-29-47/h1-24,26-41,55,57,59-60,63H,25,42-45H2,(H,67,71)(H,68,70)/t55?,57?,63-/m1/s1. The average molecular weight is 1180 g/mol. The summed E-state index contributed by atoms with van der Waals surface area (Å²) in [5, 5.41) is 8.58. The Kier molecular flexibility index (Phi) is 16.8. The van der Waals surface area contributed by atoms with Crippen LogP contribution in [0.25, 0.3) is 0 Å². The Morgan fingerprint density at radius 2 is 0.962 bits per heavy atom. The van der Waals surface area contributed by atoms with Crippen molar-refractivity contribution in [2.24, 2.45) is 0 Å². The van der Waals surface area contributed by atoms with Crippen LogP contribution >= 0.6 is 38.0 Å². The Hall–Kier alpha value is -7.64. The number of esters is 2. The van der Waals surface area contributed by atoms with E-state index in [0.717, 1.165) is 43.7 Å². The molecule has 0 aliphatic carbocycles. The fraction of sp³-hybridized carbons (Fsp3) is 0.154. The van der Waals surface area contributed by atoms with Crippen molar-refractivity contribution >= 4 is 83.6 Å². The zero-order valence-electron chi connectivity index (χ0n) is 42.6. The number of hydrogen-bond acceptors (Lipinski definition) is 8. The molecule has 2 N–H and O–H groups in total. The number of amides is 3. The molecule has 2 aliphatic heterocycles. The molecule has 0 radical (unpaired) electrons. The van der Waals surface area contributed by atoms with E-state index in [-0.39, 0.29) is 25.0 Å². The van der Waals surface area contributed by atoms with Crippen LogP contribution in [0, 0.1) is 0 Å². The van der Waals surface area contributed by atoms with Crippen LogP contribution in [0.5, 0.6) is 0 Å². The van der Waals surface area contributed by atoms with Gasteiger partial charge in [-0.25, -0.2) is 4.79 Å². The van der Waals surface area contributed by atoms with Crippen LogP contribution in [-0.2, 0) is 28.7 Å². The predicted octanol–water partition coefficient (Wildman–Crippen LogP) is 11.2. The average Bonchev–Trinajstić information content (AvgIpc) is 3.56. The maximum atomic E-state index is 15.5. The van der Waals surface area contributed by atoms with Gasteiger partial charge >= 0.3 is 336 Å². The predicted molar refractivity (Wildman–Crippen MR) is 319 cm³/mol. The zero-order chi connectivity index (χ0) is 53.9. The van der Waals surface area contributed by atoms with E-state index in [1.807, 2.05) is 176 Å². The number of carbonyl (C=O) groups is 5. The summed E-state index contributed by atoms with van der Waals surface area (Å²) in [4.78, 5) is 73.8. The number of thioether (sulfide) groups is 1. The molecule has 3 atom stereocenters. The second kappa shape index (κ2) is 24.4. The zero-order valence-corrected chi connectivity index (χ0v) is 46.4. The molecular formula is C65H57IN3O7PS. The van der Waals surface area contributed by atoms with Gasteiger partial charge in [0.2, 0.25) is 0 Å². The Morgan fingerprint density at radius 1 is 0.564 bits per heavy atom. The van der Waals surface area contributed by atoms with Crippen LogP contribution in [0.1, 0.15) is 64.1 Å². The van der Waals surface area contributed by atoms with Crippen LogP contribution in [-0.4, -0.2) is 63.9 Å². The molecular weight excluding hydrogens is 1120 g/mol. The normalized spacial score (nSPS) is 16.0. The minimum atomic E-state index is -3.58. The number of ether oxygens (including phenoxy) is 2. The van der Waals surface area contributed by atoms with Crippen LogP contribution in [0.2, 0.25) is 0 Å². The third-order valence-corrected chi connectivity index (χ3v) is 26.8.